The Morgan fingerprint density at radius 2 is 1.89 bits per heavy atom. The summed E-state index contributed by atoms with van der Waals surface area (Å²) in [5.41, 5.74) is 3.77. The van der Waals surface area contributed by atoms with Crippen LogP contribution in [0.25, 0.3) is 6.08 Å². The highest BCUT2D eigenvalue weighted by atomic mass is 35.5. The first-order valence-electron chi connectivity index (χ1n) is 11.9. The molecule has 0 bridgehead atoms. The van der Waals surface area contributed by atoms with Crippen molar-refractivity contribution in [2.45, 2.75) is 44.4 Å². The van der Waals surface area contributed by atoms with E-state index in [0.717, 1.165) is 32.1 Å². The van der Waals surface area contributed by atoms with Gasteiger partial charge in [0.1, 0.15) is 5.82 Å². The molecule has 192 valence electrons. The Morgan fingerprint density at radius 1 is 1.11 bits per heavy atom. The SMILES string of the molecule is O=C(C=Cc1cnc(NC2CCN(C(=O)Nc3ccc(Cl)cc3)CC2)c(Cl)c1)NOC1CCCCO1. The molecule has 2 fully saturated rings. The number of aromatic nitrogens is 1. The van der Waals surface area contributed by atoms with Crippen molar-refractivity contribution in [1.82, 2.24) is 15.4 Å². The number of hydroxylamine groups is 1. The molecule has 2 aromatic rings. The number of urea groups is 1. The quantitative estimate of drug-likeness (QED) is 0.338. The Morgan fingerprint density at radius 3 is 2.58 bits per heavy atom. The molecule has 11 heteroatoms. The van der Waals surface area contributed by atoms with E-state index in [9.17, 15) is 9.59 Å². The number of amides is 3. The maximum absolute atomic E-state index is 12.5. The van der Waals surface area contributed by atoms with Gasteiger partial charge in [0, 0.05) is 55.1 Å². The summed E-state index contributed by atoms with van der Waals surface area (Å²) in [6.07, 6.45) is 8.51. The summed E-state index contributed by atoms with van der Waals surface area (Å²) in [6, 6.07) is 8.76. The predicted octanol–water partition coefficient (Wildman–Crippen LogP) is 5.08. The lowest BCUT2D eigenvalue weighted by Crippen LogP contribution is -2.44. The number of hydrogen-bond acceptors (Lipinski definition) is 6. The van der Waals surface area contributed by atoms with Gasteiger partial charge in [-0.15, -0.1) is 0 Å². The zero-order chi connectivity index (χ0) is 25.3. The third kappa shape index (κ3) is 7.83. The molecule has 0 spiro atoms. The van der Waals surface area contributed by atoms with E-state index in [-0.39, 0.29) is 12.1 Å². The minimum absolute atomic E-state index is 0.135. The molecule has 3 heterocycles. The van der Waals surface area contributed by atoms with Crippen LogP contribution in [-0.2, 0) is 14.4 Å². The number of benzene rings is 1. The number of carbonyl (C=O) groups is 2. The minimum atomic E-state index is -0.401. The van der Waals surface area contributed by atoms with Crippen LogP contribution in [0.15, 0.2) is 42.6 Å². The molecule has 1 aromatic carbocycles. The molecule has 36 heavy (non-hydrogen) atoms. The zero-order valence-electron chi connectivity index (χ0n) is 19.7. The Kier molecular flexibility index (Phi) is 9.41. The molecular weight excluding hydrogens is 505 g/mol. The summed E-state index contributed by atoms with van der Waals surface area (Å²) in [7, 11) is 0. The molecule has 1 aromatic heterocycles. The molecule has 0 aliphatic carbocycles. The van der Waals surface area contributed by atoms with Crippen LogP contribution in [0.5, 0.6) is 0 Å². The highest BCUT2D eigenvalue weighted by Crippen LogP contribution is 2.24. The number of anilines is 2. The summed E-state index contributed by atoms with van der Waals surface area (Å²) >= 11 is 12.3. The fourth-order valence-electron chi connectivity index (χ4n) is 3.94. The average molecular weight is 534 g/mol. The monoisotopic (exact) mass is 533 g/mol. The Bertz CT molecular complexity index is 1070. The first-order chi connectivity index (χ1) is 17.5. The van der Waals surface area contributed by atoms with E-state index in [1.54, 1.807) is 47.5 Å². The number of carbonyl (C=O) groups excluding carboxylic acids is 2. The largest absolute Gasteiger partial charge is 0.366 e. The maximum atomic E-state index is 12.5. The summed E-state index contributed by atoms with van der Waals surface area (Å²) in [6.45, 7) is 1.86. The predicted molar refractivity (Wildman–Crippen MR) is 140 cm³/mol. The minimum Gasteiger partial charge on any atom is -0.366 e. The lowest BCUT2D eigenvalue weighted by molar-refractivity contribution is -0.198. The van der Waals surface area contributed by atoms with Gasteiger partial charge in [-0.05, 0) is 67.7 Å². The fraction of sp³-hybridized carbons (Fsp3) is 0.400. The van der Waals surface area contributed by atoms with Gasteiger partial charge in [0.15, 0.2) is 6.29 Å². The van der Waals surface area contributed by atoms with Crippen LogP contribution in [0, 0.1) is 0 Å². The number of halogens is 2. The third-order valence-electron chi connectivity index (χ3n) is 5.94. The van der Waals surface area contributed by atoms with Crippen LogP contribution in [0.4, 0.5) is 16.3 Å². The molecule has 0 saturated carbocycles. The number of ether oxygens (including phenoxy) is 1. The molecule has 1 atom stereocenters. The van der Waals surface area contributed by atoms with Crippen LogP contribution >= 0.6 is 23.2 Å². The average Bonchev–Trinajstić information content (AvgIpc) is 2.90. The van der Waals surface area contributed by atoms with Crippen LogP contribution in [0.3, 0.4) is 0 Å². The number of nitrogens with zero attached hydrogens (tertiary/aromatic N) is 2. The summed E-state index contributed by atoms with van der Waals surface area (Å²) in [4.78, 5) is 35.9. The molecule has 4 rings (SSSR count). The van der Waals surface area contributed by atoms with Crippen molar-refractivity contribution < 1.29 is 19.2 Å². The first-order valence-corrected chi connectivity index (χ1v) is 12.7. The molecule has 0 radical (unpaired) electrons. The van der Waals surface area contributed by atoms with Crippen LogP contribution in [0.2, 0.25) is 10.0 Å². The van der Waals surface area contributed by atoms with Crippen molar-refractivity contribution in [3.63, 3.8) is 0 Å². The van der Waals surface area contributed by atoms with Gasteiger partial charge in [0.05, 0.1) is 5.02 Å². The van der Waals surface area contributed by atoms with Crippen molar-refractivity contribution in [1.29, 1.82) is 0 Å². The Labute approximate surface area is 220 Å². The summed E-state index contributed by atoms with van der Waals surface area (Å²) in [5.74, 6) is 0.175. The molecule has 2 saturated heterocycles. The van der Waals surface area contributed by atoms with Gasteiger partial charge in [-0.3, -0.25) is 4.79 Å². The van der Waals surface area contributed by atoms with Crippen molar-refractivity contribution in [2.75, 3.05) is 30.3 Å². The second-order valence-corrected chi connectivity index (χ2v) is 9.50. The van der Waals surface area contributed by atoms with Crippen molar-refractivity contribution in [3.8, 4) is 0 Å². The van der Waals surface area contributed by atoms with Gasteiger partial charge in [0.2, 0.25) is 0 Å². The third-order valence-corrected chi connectivity index (χ3v) is 6.48. The summed E-state index contributed by atoms with van der Waals surface area (Å²) in [5, 5.41) is 7.32. The van der Waals surface area contributed by atoms with Gasteiger partial charge < -0.3 is 20.3 Å². The van der Waals surface area contributed by atoms with E-state index in [1.165, 1.54) is 6.08 Å². The number of pyridine rings is 1. The van der Waals surface area contributed by atoms with Crippen molar-refractivity contribution >= 4 is 52.7 Å². The molecule has 1 unspecified atom stereocenters. The van der Waals surface area contributed by atoms with Gasteiger partial charge in [-0.2, -0.15) is 0 Å². The smallest absolute Gasteiger partial charge is 0.321 e. The highest BCUT2D eigenvalue weighted by molar-refractivity contribution is 6.33. The first kappa shape index (κ1) is 26.2. The van der Waals surface area contributed by atoms with E-state index in [1.807, 2.05) is 0 Å². The van der Waals surface area contributed by atoms with Gasteiger partial charge >= 0.3 is 6.03 Å². The summed E-state index contributed by atoms with van der Waals surface area (Å²) < 4.78 is 5.41. The van der Waals surface area contributed by atoms with E-state index in [4.69, 9.17) is 32.8 Å². The molecule has 3 amide bonds. The molecule has 3 N–H and O–H groups in total. The van der Waals surface area contributed by atoms with Gasteiger partial charge in [0.25, 0.3) is 5.91 Å². The van der Waals surface area contributed by atoms with Crippen molar-refractivity contribution in [3.05, 3.63) is 58.2 Å². The standard InChI is InChI=1S/C25H29Cl2N5O4/c26-18-5-7-19(8-6-18)30-25(34)32-12-10-20(11-13-32)29-24-21(27)15-17(16-28-24)4-9-22(33)31-36-23-3-1-2-14-35-23/h4-9,15-16,20,23H,1-3,10-14H2,(H,28,29)(H,30,34)(H,31,33). The fourth-order valence-corrected chi connectivity index (χ4v) is 4.30. The number of piperidine rings is 1. The van der Waals surface area contributed by atoms with Gasteiger partial charge in [-0.1, -0.05) is 23.2 Å². The second kappa shape index (κ2) is 12.9. The molecule has 2 aliphatic heterocycles. The Hall–Kier alpha value is -2.85. The maximum Gasteiger partial charge on any atom is 0.321 e. The van der Waals surface area contributed by atoms with Crippen LogP contribution < -0.4 is 16.1 Å². The van der Waals surface area contributed by atoms with Crippen LogP contribution in [0.1, 0.15) is 37.7 Å². The molecule has 9 nitrogen and oxygen atoms in total. The van der Waals surface area contributed by atoms with Gasteiger partial charge in [-0.25, -0.2) is 20.1 Å². The Balaban J connectivity index is 1.21. The highest BCUT2D eigenvalue weighted by Gasteiger charge is 2.23. The lowest BCUT2D eigenvalue weighted by atomic mass is 10.1. The molecule has 2 aliphatic rings. The lowest BCUT2D eigenvalue weighted by Gasteiger charge is -2.32. The van der Waals surface area contributed by atoms with Crippen LogP contribution in [-0.4, -0.2) is 53.9 Å². The normalized spacial score (nSPS) is 18.7. The number of hydrogen-bond donors (Lipinski definition) is 3. The van der Waals surface area contributed by atoms with Crippen molar-refractivity contribution in [2.24, 2.45) is 0 Å². The number of likely N-dealkylation sites (tertiary alicyclic amines) is 1. The van der Waals surface area contributed by atoms with E-state index in [2.05, 4.69) is 21.1 Å². The number of nitrogens with one attached hydrogen (secondary N) is 3. The van der Waals surface area contributed by atoms with E-state index >= 15 is 0 Å². The van der Waals surface area contributed by atoms with E-state index < -0.39 is 12.2 Å². The zero-order valence-corrected chi connectivity index (χ0v) is 21.2. The topological polar surface area (TPSA) is 105 Å². The number of rotatable bonds is 7. The molecular formula is C25H29Cl2N5O4. The van der Waals surface area contributed by atoms with E-state index in [0.29, 0.717) is 46.8 Å². The second-order valence-electron chi connectivity index (χ2n) is 8.66.